The van der Waals surface area contributed by atoms with Crippen LogP contribution in [-0.4, -0.2) is 0 Å². The Hall–Kier alpha value is -1.63. The molecule has 0 spiro atoms. The van der Waals surface area contributed by atoms with Crippen LogP contribution in [0.1, 0.15) is 11.1 Å². The highest BCUT2D eigenvalue weighted by atomic mass is 32.2. The van der Waals surface area contributed by atoms with Crippen LogP contribution in [0.2, 0.25) is 0 Å². The maximum Gasteiger partial charge on any atom is 0.416 e. The van der Waals surface area contributed by atoms with Gasteiger partial charge in [0.2, 0.25) is 0 Å². The predicted molar refractivity (Wildman–Crippen MR) is 67.0 cm³/mol. The lowest BCUT2D eigenvalue weighted by molar-refractivity contribution is -0.138. The summed E-state index contributed by atoms with van der Waals surface area (Å²) in [5.41, 5.74) is -1.67. The first kappa shape index (κ1) is 15.8. The largest absolute Gasteiger partial charge is 0.416 e. The molecule has 2 aromatic rings. The Morgan fingerprint density at radius 3 is 1.33 bits per heavy atom. The van der Waals surface area contributed by atoms with Crippen LogP contribution in [0.25, 0.3) is 0 Å². The number of rotatable bonds is 2. The molecule has 0 heterocycles. The van der Waals surface area contributed by atoms with E-state index in [0.29, 0.717) is 0 Å². The summed E-state index contributed by atoms with van der Waals surface area (Å²) in [7, 11) is 0. The molecule has 0 aliphatic heterocycles. The third kappa shape index (κ3) is 4.17. The van der Waals surface area contributed by atoms with Gasteiger partial charge in [0.05, 0.1) is 11.1 Å². The van der Waals surface area contributed by atoms with Gasteiger partial charge in [-0.2, -0.15) is 26.3 Å². The van der Waals surface area contributed by atoms with Gasteiger partial charge in [-0.3, -0.25) is 0 Å². The minimum absolute atomic E-state index is 0.226. The van der Waals surface area contributed by atoms with E-state index in [1.54, 1.807) is 0 Å². The van der Waals surface area contributed by atoms with Crippen molar-refractivity contribution in [2.75, 3.05) is 0 Å². The smallest absolute Gasteiger partial charge is 0.166 e. The zero-order valence-corrected chi connectivity index (χ0v) is 11.1. The maximum atomic E-state index is 12.6. The van der Waals surface area contributed by atoms with Crippen LogP contribution >= 0.6 is 11.8 Å². The fourth-order valence-electron chi connectivity index (χ4n) is 1.61. The standard InChI is InChI=1S/C14H8F6S/c15-13(16,17)9-3-1-5-11(7-9)21-12-6-2-4-10(8-12)14(18,19)20/h1-8H. The summed E-state index contributed by atoms with van der Waals surface area (Å²) in [5, 5.41) is 0. The minimum Gasteiger partial charge on any atom is -0.166 e. The molecule has 0 saturated carbocycles. The van der Waals surface area contributed by atoms with Gasteiger partial charge in [0.15, 0.2) is 0 Å². The van der Waals surface area contributed by atoms with E-state index in [0.717, 1.165) is 36.0 Å². The Morgan fingerprint density at radius 1 is 0.619 bits per heavy atom. The Balaban J connectivity index is 2.27. The van der Waals surface area contributed by atoms with Crippen molar-refractivity contribution in [2.45, 2.75) is 22.1 Å². The lowest BCUT2D eigenvalue weighted by Gasteiger charge is -2.10. The van der Waals surface area contributed by atoms with Crippen molar-refractivity contribution < 1.29 is 26.3 Å². The second kappa shape index (κ2) is 5.63. The first-order chi connectivity index (χ1) is 9.66. The fraction of sp³-hybridized carbons (Fsp3) is 0.143. The zero-order valence-electron chi connectivity index (χ0n) is 10.3. The predicted octanol–water partition coefficient (Wildman–Crippen LogP) is 5.88. The van der Waals surface area contributed by atoms with Crippen molar-refractivity contribution in [1.82, 2.24) is 0 Å². The second-order valence-corrected chi connectivity index (χ2v) is 5.30. The first-order valence-electron chi connectivity index (χ1n) is 5.68. The first-order valence-corrected chi connectivity index (χ1v) is 6.50. The van der Waals surface area contributed by atoms with Crippen LogP contribution in [0.4, 0.5) is 26.3 Å². The Bertz CT molecular complexity index is 574. The molecule has 0 atom stereocenters. The summed E-state index contributed by atoms with van der Waals surface area (Å²) < 4.78 is 75.4. The lowest BCUT2D eigenvalue weighted by atomic mass is 10.2. The third-order valence-electron chi connectivity index (χ3n) is 2.56. The van der Waals surface area contributed by atoms with Gasteiger partial charge in [0.1, 0.15) is 0 Å². The van der Waals surface area contributed by atoms with Gasteiger partial charge in [-0.25, -0.2) is 0 Å². The molecular formula is C14H8F6S. The Kier molecular flexibility index (Phi) is 4.22. The highest BCUT2D eigenvalue weighted by Crippen LogP contribution is 2.36. The number of alkyl halides is 6. The highest BCUT2D eigenvalue weighted by molar-refractivity contribution is 7.99. The molecule has 7 heteroatoms. The highest BCUT2D eigenvalue weighted by Gasteiger charge is 2.31. The molecular weight excluding hydrogens is 314 g/mol. The van der Waals surface area contributed by atoms with Crippen molar-refractivity contribution in [3.63, 3.8) is 0 Å². The monoisotopic (exact) mass is 322 g/mol. The van der Waals surface area contributed by atoms with E-state index in [-0.39, 0.29) is 9.79 Å². The van der Waals surface area contributed by atoms with Crippen molar-refractivity contribution >= 4 is 11.8 Å². The number of hydrogen-bond donors (Lipinski definition) is 0. The normalized spacial score (nSPS) is 12.5. The van der Waals surface area contributed by atoms with E-state index >= 15 is 0 Å². The topological polar surface area (TPSA) is 0 Å². The SMILES string of the molecule is FC(F)(F)c1cccc(Sc2cccc(C(F)(F)F)c2)c1. The molecule has 0 radical (unpaired) electrons. The lowest BCUT2D eigenvalue weighted by Crippen LogP contribution is -2.04. The molecule has 112 valence electrons. The molecule has 0 fully saturated rings. The Morgan fingerprint density at radius 2 is 1.00 bits per heavy atom. The fourth-order valence-corrected chi connectivity index (χ4v) is 2.55. The maximum absolute atomic E-state index is 12.6. The molecule has 0 N–H and O–H groups in total. The van der Waals surface area contributed by atoms with E-state index < -0.39 is 23.5 Å². The summed E-state index contributed by atoms with van der Waals surface area (Å²) in [5.74, 6) is 0. The van der Waals surface area contributed by atoms with Gasteiger partial charge in [0, 0.05) is 9.79 Å². The van der Waals surface area contributed by atoms with Gasteiger partial charge < -0.3 is 0 Å². The Labute approximate surface area is 120 Å². The minimum atomic E-state index is -4.48. The van der Waals surface area contributed by atoms with Crippen molar-refractivity contribution in [1.29, 1.82) is 0 Å². The summed E-state index contributed by atoms with van der Waals surface area (Å²) in [6.07, 6.45) is -8.96. The van der Waals surface area contributed by atoms with E-state index in [1.807, 2.05) is 0 Å². The number of hydrogen-bond acceptors (Lipinski definition) is 1. The summed E-state index contributed by atoms with van der Waals surface area (Å²) in [6, 6.07) is 8.92. The van der Waals surface area contributed by atoms with Gasteiger partial charge in [-0.15, -0.1) is 0 Å². The van der Waals surface area contributed by atoms with Gasteiger partial charge >= 0.3 is 12.4 Å². The average Bonchev–Trinajstić information content (AvgIpc) is 2.37. The molecule has 0 saturated heterocycles. The summed E-state index contributed by atoms with van der Waals surface area (Å²) >= 11 is 0.848. The zero-order chi connectivity index (χ0) is 15.7. The van der Waals surface area contributed by atoms with Crippen LogP contribution in [0.15, 0.2) is 58.3 Å². The molecule has 0 bridgehead atoms. The number of benzene rings is 2. The van der Waals surface area contributed by atoms with Crippen LogP contribution in [-0.2, 0) is 12.4 Å². The van der Waals surface area contributed by atoms with Crippen molar-refractivity contribution in [2.24, 2.45) is 0 Å². The molecule has 0 aliphatic rings. The molecule has 2 aromatic carbocycles. The van der Waals surface area contributed by atoms with Crippen molar-refractivity contribution in [3.05, 3.63) is 59.7 Å². The summed E-state index contributed by atoms with van der Waals surface area (Å²) in [6.45, 7) is 0. The van der Waals surface area contributed by atoms with Gasteiger partial charge in [-0.05, 0) is 36.4 Å². The van der Waals surface area contributed by atoms with E-state index in [2.05, 4.69) is 0 Å². The van der Waals surface area contributed by atoms with E-state index in [9.17, 15) is 26.3 Å². The van der Waals surface area contributed by atoms with E-state index in [4.69, 9.17) is 0 Å². The van der Waals surface area contributed by atoms with Crippen LogP contribution in [0.5, 0.6) is 0 Å². The quantitative estimate of drug-likeness (QED) is 0.623. The molecule has 0 unspecified atom stereocenters. The molecule has 0 aromatic heterocycles. The van der Waals surface area contributed by atoms with Crippen molar-refractivity contribution in [3.8, 4) is 0 Å². The molecule has 21 heavy (non-hydrogen) atoms. The van der Waals surface area contributed by atoms with Gasteiger partial charge in [0.25, 0.3) is 0 Å². The molecule has 2 rings (SSSR count). The third-order valence-corrected chi connectivity index (χ3v) is 3.54. The van der Waals surface area contributed by atoms with Crippen LogP contribution in [0.3, 0.4) is 0 Å². The second-order valence-electron chi connectivity index (χ2n) is 4.15. The summed E-state index contributed by atoms with van der Waals surface area (Å²) in [4.78, 5) is 0.452. The van der Waals surface area contributed by atoms with Crippen LogP contribution in [0, 0.1) is 0 Å². The molecule has 0 nitrogen and oxygen atoms in total. The molecule has 0 aliphatic carbocycles. The molecule has 0 amide bonds. The average molecular weight is 322 g/mol. The van der Waals surface area contributed by atoms with Crippen LogP contribution < -0.4 is 0 Å². The number of halogens is 6. The van der Waals surface area contributed by atoms with Gasteiger partial charge in [-0.1, -0.05) is 23.9 Å². The van der Waals surface area contributed by atoms with E-state index in [1.165, 1.54) is 24.3 Å².